The number of rotatable bonds is 4. The van der Waals surface area contributed by atoms with Crippen molar-refractivity contribution < 1.29 is 4.79 Å². The van der Waals surface area contributed by atoms with Crippen molar-refractivity contribution in [3.8, 4) is 6.07 Å². The predicted octanol–water partition coefficient (Wildman–Crippen LogP) is 2.69. The second-order valence-electron chi connectivity index (χ2n) is 4.08. The van der Waals surface area contributed by atoms with Crippen molar-refractivity contribution in [2.24, 2.45) is 0 Å². The number of halogens is 1. The van der Waals surface area contributed by atoms with Crippen LogP contribution >= 0.6 is 11.6 Å². The lowest BCUT2D eigenvalue weighted by molar-refractivity contribution is 0.102. The lowest BCUT2D eigenvalue weighted by atomic mass is 10.2. The number of benzene rings is 1. The molecule has 2 aromatic rings. The van der Waals surface area contributed by atoms with E-state index in [9.17, 15) is 4.79 Å². The molecule has 0 aliphatic rings. The van der Waals surface area contributed by atoms with E-state index in [-0.39, 0.29) is 10.7 Å². The number of amides is 1. The Hall–Kier alpha value is -2.65. The molecule has 106 valence electrons. The molecule has 0 aliphatic heterocycles. The van der Waals surface area contributed by atoms with Crippen LogP contribution in [0.15, 0.2) is 30.6 Å². The molecule has 0 bridgehead atoms. The maximum Gasteiger partial charge on any atom is 0.275 e. The minimum absolute atomic E-state index is 0.189. The van der Waals surface area contributed by atoms with Crippen LogP contribution in [0.3, 0.4) is 0 Å². The van der Waals surface area contributed by atoms with Crippen LogP contribution in [0.25, 0.3) is 0 Å². The Morgan fingerprint density at radius 2 is 2.24 bits per heavy atom. The molecule has 0 aliphatic carbocycles. The molecule has 0 unspecified atom stereocenters. The van der Waals surface area contributed by atoms with E-state index < -0.39 is 5.91 Å². The summed E-state index contributed by atoms with van der Waals surface area (Å²) in [7, 11) is 0. The lowest BCUT2D eigenvalue weighted by Gasteiger charge is -2.07. The normalized spacial score (nSPS) is 9.76. The average Bonchev–Trinajstić information content (AvgIpc) is 2.48. The molecular formula is C14H12ClN5O. The van der Waals surface area contributed by atoms with E-state index in [2.05, 4.69) is 20.6 Å². The third-order valence-corrected chi connectivity index (χ3v) is 2.89. The number of carbonyl (C=O) groups excluding carboxylic acids is 1. The topological polar surface area (TPSA) is 90.7 Å². The maximum atomic E-state index is 12.1. The Bertz CT molecular complexity index is 711. The van der Waals surface area contributed by atoms with Gasteiger partial charge in [0.25, 0.3) is 5.91 Å². The molecule has 0 radical (unpaired) electrons. The summed E-state index contributed by atoms with van der Waals surface area (Å²) in [6, 6.07) is 6.61. The third kappa shape index (κ3) is 3.68. The van der Waals surface area contributed by atoms with Crippen molar-refractivity contribution in [3.05, 3.63) is 46.9 Å². The highest BCUT2D eigenvalue weighted by atomic mass is 35.5. The summed E-state index contributed by atoms with van der Waals surface area (Å²) >= 11 is 5.91. The number of carbonyl (C=O) groups is 1. The minimum Gasteiger partial charge on any atom is -0.369 e. The van der Waals surface area contributed by atoms with Gasteiger partial charge in [-0.2, -0.15) is 5.26 Å². The van der Waals surface area contributed by atoms with Gasteiger partial charge >= 0.3 is 0 Å². The number of nitrogens with zero attached hydrogens (tertiary/aromatic N) is 3. The zero-order valence-corrected chi connectivity index (χ0v) is 12.0. The highest BCUT2D eigenvalue weighted by molar-refractivity contribution is 6.32. The largest absolute Gasteiger partial charge is 0.369 e. The Balaban J connectivity index is 2.16. The van der Waals surface area contributed by atoms with Gasteiger partial charge in [-0.05, 0) is 25.1 Å². The van der Waals surface area contributed by atoms with E-state index in [1.807, 2.05) is 13.0 Å². The molecule has 2 rings (SSSR count). The van der Waals surface area contributed by atoms with Crippen LogP contribution in [0.1, 0.15) is 23.0 Å². The average molecular weight is 302 g/mol. The van der Waals surface area contributed by atoms with E-state index in [4.69, 9.17) is 16.9 Å². The standard InChI is InChI=1S/C14H12ClN5O/c1-2-18-13-8-17-7-12(20-13)14(21)19-10-4-3-9(6-16)11(15)5-10/h3-5,7-8H,2H2,1H3,(H,18,20)(H,19,21). The number of hydrogen-bond donors (Lipinski definition) is 2. The highest BCUT2D eigenvalue weighted by Gasteiger charge is 2.10. The molecule has 0 atom stereocenters. The molecule has 0 fully saturated rings. The quantitative estimate of drug-likeness (QED) is 0.906. The fourth-order valence-electron chi connectivity index (χ4n) is 1.62. The van der Waals surface area contributed by atoms with Gasteiger partial charge in [0.15, 0.2) is 0 Å². The monoisotopic (exact) mass is 301 g/mol. The first-order valence-corrected chi connectivity index (χ1v) is 6.58. The molecule has 1 heterocycles. The summed E-state index contributed by atoms with van der Waals surface area (Å²) in [5.41, 5.74) is 1.03. The molecule has 21 heavy (non-hydrogen) atoms. The van der Waals surface area contributed by atoms with Gasteiger partial charge in [-0.1, -0.05) is 11.6 Å². The van der Waals surface area contributed by atoms with Gasteiger partial charge in [-0.25, -0.2) is 4.98 Å². The van der Waals surface area contributed by atoms with Gasteiger partial charge in [0.2, 0.25) is 0 Å². The summed E-state index contributed by atoms with van der Waals surface area (Å²) in [6.07, 6.45) is 2.92. The van der Waals surface area contributed by atoms with Crippen LogP contribution in [0.5, 0.6) is 0 Å². The van der Waals surface area contributed by atoms with Gasteiger partial charge < -0.3 is 10.6 Å². The molecule has 0 spiro atoms. The van der Waals surface area contributed by atoms with Crippen LogP contribution in [0.2, 0.25) is 5.02 Å². The van der Waals surface area contributed by atoms with Crippen LogP contribution < -0.4 is 10.6 Å². The Morgan fingerprint density at radius 1 is 1.43 bits per heavy atom. The second kappa shape index (κ2) is 6.68. The third-order valence-electron chi connectivity index (χ3n) is 2.57. The molecule has 0 saturated heterocycles. The zero-order chi connectivity index (χ0) is 15.2. The van der Waals surface area contributed by atoms with Crippen molar-refractivity contribution in [1.82, 2.24) is 9.97 Å². The van der Waals surface area contributed by atoms with Gasteiger partial charge in [0.1, 0.15) is 17.6 Å². The summed E-state index contributed by atoms with van der Waals surface area (Å²) in [5, 5.41) is 14.7. The first kappa shape index (κ1) is 14.8. The maximum absolute atomic E-state index is 12.1. The first-order chi connectivity index (χ1) is 10.1. The van der Waals surface area contributed by atoms with Crippen molar-refractivity contribution in [1.29, 1.82) is 5.26 Å². The van der Waals surface area contributed by atoms with Crippen LogP contribution in [0.4, 0.5) is 11.5 Å². The van der Waals surface area contributed by atoms with Crippen molar-refractivity contribution in [2.45, 2.75) is 6.92 Å². The summed E-state index contributed by atoms with van der Waals surface area (Å²) in [6.45, 7) is 2.61. The number of nitrogens with one attached hydrogen (secondary N) is 2. The Labute approximate surface area is 126 Å². The molecule has 6 nitrogen and oxygen atoms in total. The van der Waals surface area contributed by atoms with Crippen molar-refractivity contribution in [3.63, 3.8) is 0 Å². The zero-order valence-electron chi connectivity index (χ0n) is 11.2. The van der Waals surface area contributed by atoms with Gasteiger partial charge in [-0.15, -0.1) is 0 Å². The summed E-state index contributed by atoms with van der Waals surface area (Å²) in [4.78, 5) is 20.2. The van der Waals surface area contributed by atoms with E-state index in [1.54, 1.807) is 18.3 Å². The van der Waals surface area contributed by atoms with Gasteiger partial charge in [0, 0.05) is 12.2 Å². The van der Waals surface area contributed by atoms with E-state index in [1.165, 1.54) is 12.3 Å². The smallest absolute Gasteiger partial charge is 0.275 e. The molecule has 0 saturated carbocycles. The van der Waals surface area contributed by atoms with Gasteiger partial charge in [-0.3, -0.25) is 9.78 Å². The number of anilines is 2. The molecule has 1 aromatic heterocycles. The van der Waals surface area contributed by atoms with Crippen LogP contribution in [-0.4, -0.2) is 22.4 Å². The summed E-state index contributed by atoms with van der Waals surface area (Å²) in [5.74, 6) is 0.131. The summed E-state index contributed by atoms with van der Waals surface area (Å²) < 4.78 is 0. The SMILES string of the molecule is CCNc1cncc(C(=O)Nc2ccc(C#N)c(Cl)c2)n1. The van der Waals surface area contributed by atoms with E-state index >= 15 is 0 Å². The molecule has 2 N–H and O–H groups in total. The molecule has 7 heteroatoms. The lowest BCUT2D eigenvalue weighted by Crippen LogP contribution is -2.15. The first-order valence-electron chi connectivity index (χ1n) is 6.21. The Kier molecular flexibility index (Phi) is 4.69. The predicted molar refractivity (Wildman–Crippen MR) is 80.3 cm³/mol. The molecule has 1 amide bonds. The van der Waals surface area contributed by atoms with Crippen LogP contribution in [-0.2, 0) is 0 Å². The fraction of sp³-hybridized carbons (Fsp3) is 0.143. The second-order valence-corrected chi connectivity index (χ2v) is 4.49. The number of nitriles is 1. The Morgan fingerprint density at radius 3 is 2.90 bits per heavy atom. The number of hydrogen-bond acceptors (Lipinski definition) is 5. The van der Waals surface area contributed by atoms with Crippen molar-refractivity contribution in [2.75, 3.05) is 17.2 Å². The number of aromatic nitrogens is 2. The highest BCUT2D eigenvalue weighted by Crippen LogP contribution is 2.20. The minimum atomic E-state index is -0.400. The van der Waals surface area contributed by atoms with Crippen LogP contribution in [0, 0.1) is 11.3 Å². The fourth-order valence-corrected chi connectivity index (χ4v) is 1.84. The molecular weight excluding hydrogens is 290 g/mol. The van der Waals surface area contributed by atoms with E-state index in [0.717, 1.165) is 0 Å². The van der Waals surface area contributed by atoms with E-state index in [0.29, 0.717) is 23.6 Å². The molecule has 1 aromatic carbocycles. The van der Waals surface area contributed by atoms with Crippen molar-refractivity contribution >= 4 is 29.0 Å². The van der Waals surface area contributed by atoms with Gasteiger partial charge in [0.05, 0.1) is 23.0 Å².